The van der Waals surface area contributed by atoms with E-state index in [0.717, 1.165) is 5.56 Å². The van der Waals surface area contributed by atoms with Crippen LogP contribution in [-0.4, -0.2) is 34.4 Å². The summed E-state index contributed by atoms with van der Waals surface area (Å²) >= 11 is 0. The second-order valence-electron chi connectivity index (χ2n) is 8.88. The standard InChI is InChI=1S/C29H21N5O4/c30-18-7-11-23-25(15-18)38-26-16-19(31)8-12-24(26)29(23)22-4-2-1-3-21(22)27(35)34(29)33-14-13-32-20-9-5-17(6-10-20)28(36)37/h1-16H,30-31H2,(H,36,37)/b32-13?,33-14+. The summed E-state index contributed by atoms with van der Waals surface area (Å²) in [5, 5.41) is 15.1. The quantitative estimate of drug-likeness (QED) is 0.270. The topological polar surface area (TPSA) is 144 Å². The Balaban J connectivity index is 1.50. The van der Waals surface area contributed by atoms with Gasteiger partial charge >= 0.3 is 5.97 Å². The van der Waals surface area contributed by atoms with Gasteiger partial charge in [-0.05, 0) is 42.5 Å². The minimum Gasteiger partial charge on any atom is -0.478 e. The van der Waals surface area contributed by atoms with Crippen LogP contribution in [0.25, 0.3) is 0 Å². The highest BCUT2D eigenvalue weighted by Crippen LogP contribution is 2.57. The van der Waals surface area contributed by atoms with Gasteiger partial charge in [-0.2, -0.15) is 5.10 Å². The number of hydrogen-bond donors (Lipinski definition) is 3. The molecule has 2 aliphatic rings. The highest BCUT2D eigenvalue weighted by Gasteiger charge is 2.56. The van der Waals surface area contributed by atoms with Gasteiger partial charge in [-0.3, -0.25) is 9.79 Å². The van der Waals surface area contributed by atoms with Crippen molar-refractivity contribution < 1.29 is 19.4 Å². The van der Waals surface area contributed by atoms with E-state index < -0.39 is 11.5 Å². The van der Waals surface area contributed by atoms with Crippen molar-refractivity contribution in [1.82, 2.24) is 5.01 Å². The van der Waals surface area contributed by atoms with Crippen molar-refractivity contribution in [3.63, 3.8) is 0 Å². The first kappa shape index (κ1) is 23.0. The molecule has 2 heterocycles. The minimum absolute atomic E-state index is 0.165. The van der Waals surface area contributed by atoms with Crippen molar-refractivity contribution in [3.05, 3.63) is 113 Å². The molecule has 0 unspecified atom stereocenters. The average molecular weight is 504 g/mol. The zero-order valence-electron chi connectivity index (χ0n) is 19.9. The molecule has 0 saturated carbocycles. The summed E-state index contributed by atoms with van der Waals surface area (Å²) in [5.41, 5.74) is 15.5. The Kier molecular flexibility index (Phi) is 5.20. The zero-order valence-corrected chi connectivity index (χ0v) is 19.9. The average Bonchev–Trinajstić information content (AvgIpc) is 3.15. The molecule has 1 spiro atoms. The van der Waals surface area contributed by atoms with Gasteiger partial charge in [0.15, 0.2) is 0 Å². The van der Waals surface area contributed by atoms with Crippen LogP contribution in [0.15, 0.2) is 95.0 Å². The Morgan fingerprint density at radius 2 is 1.47 bits per heavy atom. The van der Waals surface area contributed by atoms with E-state index in [1.165, 1.54) is 29.6 Å². The maximum atomic E-state index is 13.8. The number of anilines is 2. The van der Waals surface area contributed by atoms with Crippen LogP contribution in [0.3, 0.4) is 0 Å². The van der Waals surface area contributed by atoms with Gasteiger partial charge in [-0.1, -0.05) is 30.3 Å². The third-order valence-corrected chi connectivity index (χ3v) is 6.65. The Hall–Kier alpha value is -5.44. The molecule has 4 aromatic rings. The van der Waals surface area contributed by atoms with Crippen molar-refractivity contribution in [3.8, 4) is 11.5 Å². The van der Waals surface area contributed by atoms with Gasteiger partial charge in [0.2, 0.25) is 0 Å². The summed E-state index contributed by atoms with van der Waals surface area (Å²) in [4.78, 5) is 29.2. The molecular weight excluding hydrogens is 482 g/mol. The van der Waals surface area contributed by atoms with Crippen LogP contribution in [-0.2, 0) is 5.54 Å². The van der Waals surface area contributed by atoms with Crippen molar-refractivity contribution in [2.45, 2.75) is 5.54 Å². The number of rotatable bonds is 4. The lowest BCUT2D eigenvalue weighted by Gasteiger charge is -2.41. The van der Waals surface area contributed by atoms with Crippen molar-refractivity contribution in [2.24, 2.45) is 10.1 Å². The van der Waals surface area contributed by atoms with Crippen LogP contribution in [0.5, 0.6) is 11.5 Å². The van der Waals surface area contributed by atoms with E-state index in [1.54, 1.807) is 42.5 Å². The lowest BCUT2D eigenvalue weighted by Crippen LogP contribution is -2.44. The molecule has 4 aromatic carbocycles. The van der Waals surface area contributed by atoms with E-state index >= 15 is 0 Å². The monoisotopic (exact) mass is 503 g/mol. The van der Waals surface area contributed by atoms with E-state index in [9.17, 15) is 9.59 Å². The normalized spacial score (nSPS) is 14.9. The van der Waals surface area contributed by atoms with Crippen molar-refractivity contribution in [1.29, 1.82) is 0 Å². The van der Waals surface area contributed by atoms with Crippen LogP contribution in [0.4, 0.5) is 17.1 Å². The van der Waals surface area contributed by atoms with Gasteiger partial charge in [-0.25, -0.2) is 9.80 Å². The molecule has 6 rings (SSSR count). The van der Waals surface area contributed by atoms with Gasteiger partial charge < -0.3 is 21.3 Å². The molecule has 0 fully saturated rings. The first-order valence-electron chi connectivity index (χ1n) is 11.7. The first-order chi connectivity index (χ1) is 18.4. The largest absolute Gasteiger partial charge is 0.478 e. The number of carboxylic acids is 1. The molecule has 0 saturated heterocycles. The fraction of sp³-hybridized carbons (Fsp3) is 0.0345. The van der Waals surface area contributed by atoms with Crippen LogP contribution in [0.2, 0.25) is 0 Å². The highest BCUT2D eigenvalue weighted by molar-refractivity contribution is 6.17. The Morgan fingerprint density at radius 3 is 2.11 bits per heavy atom. The number of fused-ring (bicyclic) bond motifs is 6. The van der Waals surface area contributed by atoms with Gasteiger partial charge in [-0.15, -0.1) is 0 Å². The summed E-state index contributed by atoms with van der Waals surface area (Å²) in [7, 11) is 0. The van der Waals surface area contributed by atoms with E-state index in [-0.39, 0.29) is 11.5 Å². The highest BCUT2D eigenvalue weighted by atomic mass is 16.5. The van der Waals surface area contributed by atoms with Crippen LogP contribution >= 0.6 is 0 Å². The molecule has 9 nitrogen and oxygen atoms in total. The number of nitrogens with two attached hydrogens (primary N) is 2. The Bertz CT molecular complexity index is 1630. The third kappa shape index (κ3) is 3.40. The molecular formula is C29H21N5O4. The lowest BCUT2D eigenvalue weighted by molar-refractivity contribution is 0.0672. The number of benzene rings is 4. The summed E-state index contributed by atoms with van der Waals surface area (Å²) in [6.07, 6.45) is 2.88. The fourth-order valence-corrected chi connectivity index (χ4v) is 5.04. The van der Waals surface area contributed by atoms with Gasteiger partial charge in [0.1, 0.15) is 17.0 Å². The van der Waals surface area contributed by atoms with E-state index in [0.29, 0.717) is 45.3 Å². The molecule has 38 heavy (non-hydrogen) atoms. The summed E-state index contributed by atoms with van der Waals surface area (Å²) in [6.45, 7) is 0. The number of aliphatic imine (C=N–C) groups is 1. The second-order valence-corrected chi connectivity index (χ2v) is 8.88. The molecule has 2 aliphatic heterocycles. The van der Waals surface area contributed by atoms with E-state index in [1.807, 2.05) is 30.3 Å². The summed E-state index contributed by atoms with van der Waals surface area (Å²) in [6, 6.07) is 24.2. The molecule has 0 bridgehead atoms. The molecule has 0 atom stereocenters. The molecule has 1 amide bonds. The van der Waals surface area contributed by atoms with Crippen LogP contribution in [0, 0.1) is 0 Å². The van der Waals surface area contributed by atoms with Gasteiger partial charge in [0.25, 0.3) is 5.91 Å². The lowest BCUT2D eigenvalue weighted by atomic mass is 9.75. The number of carboxylic acid groups (broad SMARTS) is 1. The number of ether oxygens (including phenoxy) is 1. The molecule has 9 heteroatoms. The molecule has 0 aromatic heterocycles. The Morgan fingerprint density at radius 1 is 0.842 bits per heavy atom. The van der Waals surface area contributed by atoms with E-state index in [2.05, 4.69) is 10.1 Å². The number of nitrogens with zero attached hydrogens (tertiary/aromatic N) is 3. The van der Waals surface area contributed by atoms with Crippen molar-refractivity contribution >= 4 is 41.4 Å². The third-order valence-electron chi connectivity index (χ3n) is 6.65. The Labute approximate surface area is 217 Å². The maximum Gasteiger partial charge on any atom is 0.335 e. The molecule has 0 aliphatic carbocycles. The molecule has 0 radical (unpaired) electrons. The SMILES string of the molecule is Nc1ccc2c(c1)Oc1cc(N)ccc1C21c2ccccc2C(=O)N1/N=C/C=Nc1ccc(C(=O)O)cc1. The number of carbonyl (C=O) groups is 2. The predicted molar refractivity (Wildman–Crippen MR) is 144 cm³/mol. The van der Waals surface area contributed by atoms with Gasteiger partial charge in [0, 0.05) is 52.0 Å². The molecule has 5 N–H and O–H groups in total. The van der Waals surface area contributed by atoms with Crippen LogP contribution < -0.4 is 16.2 Å². The number of aromatic carboxylic acids is 1. The van der Waals surface area contributed by atoms with Gasteiger partial charge in [0.05, 0.1) is 17.5 Å². The number of amides is 1. The predicted octanol–water partition coefficient (Wildman–Crippen LogP) is 4.79. The second kappa shape index (κ2) is 8.59. The fourth-order valence-electron chi connectivity index (χ4n) is 5.04. The molecule has 186 valence electrons. The number of carbonyl (C=O) groups excluding carboxylic acids is 1. The number of hydrazone groups is 1. The summed E-state index contributed by atoms with van der Waals surface area (Å²) in [5.74, 6) is -0.302. The summed E-state index contributed by atoms with van der Waals surface area (Å²) < 4.78 is 6.22. The van der Waals surface area contributed by atoms with Crippen molar-refractivity contribution in [2.75, 3.05) is 11.5 Å². The maximum absolute atomic E-state index is 13.8. The van der Waals surface area contributed by atoms with Crippen LogP contribution in [0.1, 0.15) is 37.4 Å². The number of hydrogen-bond acceptors (Lipinski definition) is 7. The minimum atomic E-state index is -1.13. The van der Waals surface area contributed by atoms with E-state index in [4.69, 9.17) is 21.3 Å². The zero-order chi connectivity index (χ0) is 26.4. The first-order valence-corrected chi connectivity index (χ1v) is 11.7. The smallest absolute Gasteiger partial charge is 0.335 e. The number of nitrogen functional groups attached to an aromatic ring is 2.